The lowest BCUT2D eigenvalue weighted by Crippen LogP contribution is -2.09. The molecule has 0 bridgehead atoms. The number of ether oxygens (including phenoxy) is 1. The molecule has 0 unspecified atom stereocenters. The van der Waals surface area contributed by atoms with E-state index in [0.29, 0.717) is 0 Å². The van der Waals surface area contributed by atoms with Crippen LogP contribution in [0, 0.1) is 5.82 Å². The van der Waals surface area contributed by atoms with Crippen LogP contribution in [0.4, 0.5) is 4.39 Å². The summed E-state index contributed by atoms with van der Waals surface area (Å²) < 4.78 is 17.6. The van der Waals surface area contributed by atoms with E-state index >= 15 is 0 Å². The highest BCUT2D eigenvalue weighted by molar-refractivity contribution is 6.34. The molecule has 0 aromatic heterocycles. The van der Waals surface area contributed by atoms with Gasteiger partial charge in [0.2, 0.25) is 0 Å². The minimum absolute atomic E-state index is 0.0842. The number of carbonyl (C=O) groups is 1. The van der Waals surface area contributed by atoms with Gasteiger partial charge >= 0.3 is 5.97 Å². The lowest BCUT2D eigenvalue weighted by molar-refractivity contribution is -0.139. The summed E-state index contributed by atoms with van der Waals surface area (Å²) in [6, 6.07) is 2.26. The summed E-state index contributed by atoms with van der Waals surface area (Å²) in [6.45, 7) is -0.598. The van der Waals surface area contributed by atoms with Gasteiger partial charge in [-0.05, 0) is 6.07 Å². The summed E-state index contributed by atoms with van der Waals surface area (Å²) in [5, 5.41) is 8.12. The zero-order valence-corrected chi connectivity index (χ0v) is 8.27. The first-order chi connectivity index (χ1) is 6.50. The van der Waals surface area contributed by atoms with Crippen molar-refractivity contribution >= 4 is 29.2 Å². The highest BCUT2D eigenvalue weighted by atomic mass is 35.5. The molecule has 14 heavy (non-hydrogen) atoms. The van der Waals surface area contributed by atoms with E-state index in [1.807, 2.05) is 0 Å². The molecule has 0 spiro atoms. The molecule has 0 amide bonds. The van der Waals surface area contributed by atoms with Crippen LogP contribution in [-0.4, -0.2) is 17.7 Å². The third kappa shape index (κ3) is 2.75. The highest BCUT2D eigenvalue weighted by Gasteiger charge is 2.10. The molecule has 1 N–H and O–H groups in total. The van der Waals surface area contributed by atoms with E-state index in [9.17, 15) is 9.18 Å². The molecular formula is C8H5Cl2FO3. The van der Waals surface area contributed by atoms with Crippen molar-refractivity contribution in [3.63, 3.8) is 0 Å². The molecule has 0 fully saturated rings. The zero-order chi connectivity index (χ0) is 10.7. The van der Waals surface area contributed by atoms with Crippen LogP contribution in [0.25, 0.3) is 0 Å². The number of carboxylic acids is 1. The van der Waals surface area contributed by atoms with Gasteiger partial charge in [0.1, 0.15) is 16.6 Å². The summed E-state index contributed by atoms with van der Waals surface area (Å²) in [6.07, 6.45) is 0. The van der Waals surface area contributed by atoms with Crippen LogP contribution in [0.3, 0.4) is 0 Å². The van der Waals surface area contributed by atoms with Gasteiger partial charge in [-0.15, -0.1) is 0 Å². The fourth-order valence-electron chi connectivity index (χ4n) is 0.777. The van der Waals surface area contributed by atoms with Crippen LogP contribution in [-0.2, 0) is 4.79 Å². The first-order valence-electron chi connectivity index (χ1n) is 3.50. The summed E-state index contributed by atoms with van der Waals surface area (Å²) >= 11 is 11.0. The van der Waals surface area contributed by atoms with Gasteiger partial charge in [-0.3, -0.25) is 0 Å². The lowest BCUT2D eigenvalue weighted by atomic mass is 10.3. The largest absolute Gasteiger partial charge is 0.480 e. The second kappa shape index (κ2) is 4.48. The molecule has 0 atom stereocenters. The van der Waals surface area contributed by atoms with Crippen molar-refractivity contribution in [2.45, 2.75) is 0 Å². The standard InChI is InChI=1S/C8H5Cl2FO3/c9-4-1-5(11)8(10)6(2-4)14-3-7(12)13/h1-2H,3H2,(H,12,13). The Bertz CT molecular complexity index is 368. The van der Waals surface area contributed by atoms with Crippen LogP contribution in [0.2, 0.25) is 10.0 Å². The zero-order valence-electron chi connectivity index (χ0n) is 6.76. The Morgan fingerprint density at radius 3 is 2.71 bits per heavy atom. The molecule has 1 rings (SSSR count). The van der Waals surface area contributed by atoms with Gasteiger partial charge in [0, 0.05) is 11.1 Å². The number of rotatable bonds is 3. The molecule has 0 saturated heterocycles. The molecule has 0 aliphatic heterocycles. The molecular weight excluding hydrogens is 234 g/mol. The fourth-order valence-corrected chi connectivity index (χ4v) is 1.14. The Morgan fingerprint density at radius 2 is 2.14 bits per heavy atom. The summed E-state index contributed by atoms with van der Waals surface area (Å²) in [5.74, 6) is -2.01. The average molecular weight is 239 g/mol. The van der Waals surface area contributed by atoms with Crippen LogP contribution < -0.4 is 4.74 Å². The third-order valence-corrected chi connectivity index (χ3v) is 1.90. The van der Waals surface area contributed by atoms with Gasteiger partial charge in [-0.25, -0.2) is 9.18 Å². The normalized spacial score (nSPS) is 9.93. The molecule has 1 aromatic carbocycles. The van der Waals surface area contributed by atoms with Gasteiger partial charge in [0.05, 0.1) is 0 Å². The Hall–Kier alpha value is -1.00. The Balaban J connectivity index is 2.90. The smallest absolute Gasteiger partial charge is 0.341 e. The van der Waals surface area contributed by atoms with E-state index in [0.717, 1.165) is 6.07 Å². The van der Waals surface area contributed by atoms with E-state index in [1.54, 1.807) is 0 Å². The maximum Gasteiger partial charge on any atom is 0.341 e. The van der Waals surface area contributed by atoms with E-state index in [-0.39, 0.29) is 15.8 Å². The first kappa shape index (κ1) is 11.1. The van der Waals surface area contributed by atoms with Crippen molar-refractivity contribution in [2.24, 2.45) is 0 Å². The molecule has 0 radical (unpaired) electrons. The molecule has 3 nitrogen and oxygen atoms in total. The van der Waals surface area contributed by atoms with Crippen molar-refractivity contribution in [2.75, 3.05) is 6.61 Å². The first-order valence-corrected chi connectivity index (χ1v) is 4.25. The maximum absolute atomic E-state index is 12.9. The Morgan fingerprint density at radius 1 is 1.50 bits per heavy atom. The maximum atomic E-state index is 12.9. The molecule has 76 valence electrons. The predicted octanol–water partition coefficient (Wildman–Crippen LogP) is 2.60. The number of hydrogen-bond donors (Lipinski definition) is 1. The summed E-state index contributed by atoms with van der Waals surface area (Å²) in [7, 11) is 0. The van der Waals surface area contributed by atoms with E-state index in [4.69, 9.17) is 33.0 Å². The molecule has 0 saturated carbocycles. The minimum atomic E-state index is -1.18. The monoisotopic (exact) mass is 238 g/mol. The SMILES string of the molecule is O=C(O)COc1cc(Cl)cc(F)c1Cl. The van der Waals surface area contributed by atoms with Gasteiger partial charge in [0.15, 0.2) is 6.61 Å². The topological polar surface area (TPSA) is 46.5 Å². The van der Waals surface area contributed by atoms with Gasteiger partial charge in [-0.1, -0.05) is 23.2 Å². The number of halogens is 3. The number of benzene rings is 1. The minimum Gasteiger partial charge on any atom is -0.480 e. The van der Waals surface area contributed by atoms with Crippen LogP contribution in [0.5, 0.6) is 5.75 Å². The molecule has 1 aromatic rings. The van der Waals surface area contributed by atoms with E-state index < -0.39 is 18.4 Å². The van der Waals surface area contributed by atoms with E-state index in [2.05, 4.69) is 0 Å². The molecule has 6 heteroatoms. The van der Waals surface area contributed by atoms with Crippen molar-refractivity contribution in [3.05, 3.63) is 28.0 Å². The van der Waals surface area contributed by atoms with Crippen molar-refractivity contribution in [3.8, 4) is 5.75 Å². The Kier molecular flexibility index (Phi) is 3.55. The van der Waals surface area contributed by atoms with E-state index in [1.165, 1.54) is 6.07 Å². The van der Waals surface area contributed by atoms with Crippen molar-refractivity contribution in [1.82, 2.24) is 0 Å². The lowest BCUT2D eigenvalue weighted by Gasteiger charge is -2.06. The number of hydrogen-bond acceptors (Lipinski definition) is 2. The fraction of sp³-hybridized carbons (Fsp3) is 0.125. The van der Waals surface area contributed by atoms with Crippen molar-refractivity contribution in [1.29, 1.82) is 0 Å². The quantitative estimate of drug-likeness (QED) is 0.824. The van der Waals surface area contributed by atoms with Gasteiger partial charge in [0.25, 0.3) is 0 Å². The second-order valence-corrected chi connectivity index (χ2v) is 3.20. The summed E-state index contributed by atoms with van der Waals surface area (Å²) in [5.41, 5.74) is 0. The third-order valence-electron chi connectivity index (χ3n) is 1.31. The number of carboxylic acid groups (broad SMARTS) is 1. The average Bonchev–Trinajstić information content (AvgIpc) is 2.08. The Labute approximate surface area is 89.0 Å². The highest BCUT2D eigenvalue weighted by Crippen LogP contribution is 2.30. The van der Waals surface area contributed by atoms with Gasteiger partial charge in [-0.2, -0.15) is 0 Å². The van der Waals surface area contributed by atoms with Crippen LogP contribution in [0.15, 0.2) is 12.1 Å². The predicted molar refractivity (Wildman–Crippen MR) is 49.6 cm³/mol. The summed E-state index contributed by atoms with van der Waals surface area (Å²) in [4.78, 5) is 10.2. The van der Waals surface area contributed by atoms with Crippen LogP contribution in [0.1, 0.15) is 0 Å². The molecule has 0 aliphatic carbocycles. The second-order valence-electron chi connectivity index (χ2n) is 2.38. The van der Waals surface area contributed by atoms with Crippen molar-refractivity contribution < 1.29 is 19.0 Å². The number of aliphatic carboxylic acids is 1. The van der Waals surface area contributed by atoms with Gasteiger partial charge < -0.3 is 9.84 Å². The van der Waals surface area contributed by atoms with Crippen LogP contribution >= 0.6 is 23.2 Å². The molecule has 0 heterocycles. The molecule has 0 aliphatic rings.